The Bertz CT molecular complexity index is 471. The summed E-state index contributed by atoms with van der Waals surface area (Å²) in [5.41, 5.74) is 1.19. The van der Waals surface area contributed by atoms with Crippen molar-refractivity contribution >= 4 is 5.97 Å². The fraction of sp³-hybridized carbons (Fsp3) is 0.600. The number of aromatic carboxylic acids is 1. The molecule has 2 N–H and O–H groups in total. The Morgan fingerprint density at radius 1 is 1.55 bits per heavy atom. The zero-order valence-electron chi connectivity index (χ0n) is 12.2. The van der Waals surface area contributed by atoms with Crippen molar-refractivity contribution in [3.63, 3.8) is 0 Å². The summed E-state index contributed by atoms with van der Waals surface area (Å²) < 4.78 is 5.70. The molecular formula is C15H22N2O3. The third kappa shape index (κ3) is 2.99. The molecule has 1 saturated carbocycles. The van der Waals surface area contributed by atoms with E-state index in [-0.39, 0.29) is 11.0 Å². The van der Waals surface area contributed by atoms with E-state index >= 15 is 0 Å². The number of carboxylic acids is 1. The summed E-state index contributed by atoms with van der Waals surface area (Å²) in [4.78, 5) is 14.9. The number of hydrogen-bond donors (Lipinski definition) is 2. The summed E-state index contributed by atoms with van der Waals surface area (Å²) >= 11 is 0. The van der Waals surface area contributed by atoms with Gasteiger partial charge in [-0.1, -0.05) is 13.8 Å². The van der Waals surface area contributed by atoms with Crippen molar-refractivity contribution in [2.24, 2.45) is 5.41 Å². The van der Waals surface area contributed by atoms with Crippen molar-refractivity contribution in [3.8, 4) is 0 Å². The molecule has 0 aromatic carbocycles. The monoisotopic (exact) mass is 278 g/mol. The van der Waals surface area contributed by atoms with E-state index in [2.05, 4.69) is 24.1 Å². The predicted octanol–water partition coefficient (Wildman–Crippen LogP) is 2.07. The van der Waals surface area contributed by atoms with Gasteiger partial charge in [0.15, 0.2) is 0 Å². The van der Waals surface area contributed by atoms with Crippen molar-refractivity contribution in [2.75, 3.05) is 6.61 Å². The second-order valence-electron chi connectivity index (χ2n) is 5.78. The van der Waals surface area contributed by atoms with E-state index in [1.165, 1.54) is 6.20 Å². The summed E-state index contributed by atoms with van der Waals surface area (Å²) in [6.45, 7) is 7.82. The Balaban J connectivity index is 1.86. The van der Waals surface area contributed by atoms with E-state index in [9.17, 15) is 4.79 Å². The molecule has 0 saturated heterocycles. The van der Waals surface area contributed by atoms with E-state index in [1.807, 2.05) is 6.92 Å². The van der Waals surface area contributed by atoms with Crippen LogP contribution in [0.3, 0.4) is 0 Å². The summed E-state index contributed by atoms with van der Waals surface area (Å²) in [6, 6.07) is 3.74. The number of nitrogens with one attached hydrogen (secondary N) is 1. The minimum absolute atomic E-state index is 0.122. The molecule has 0 radical (unpaired) electrons. The maximum absolute atomic E-state index is 10.7. The van der Waals surface area contributed by atoms with Crippen LogP contribution in [0.4, 0.5) is 0 Å². The minimum atomic E-state index is -0.948. The van der Waals surface area contributed by atoms with E-state index in [1.54, 1.807) is 12.1 Å². The second-order valence-corrected chi connectivity index (χ2v) is 5.78. The standard InChI is InChI=1S/C15H22N2O3/c1-4-20-13-7-12(15(13,2)3)17-9-11-6-5-10(8-16-11)14(18)19/h5-6,8,12-13,17H,4,7,9H2,1-3H3,(H,18,19). The number of ether oxygens (including phenoxy) is 1. The zero-order chi connectivity index (χ0) is 14.8. The summed E-state index contributed by atoms with van der Waals surface area (Å²) in [5.74, 6) is -0.948. The fourth-order valence-electron chi connectivity index (χ4n) is 2.60. The number of rotatable bonds is 6. The third-order valence-corrected chi connectivity index (χ3v) is 4.15. The average molecular weight is 278 g/mol. The summed E-state index contributed by atoms with van der Waals surface area (Å²) in [7, 11) is 0. The lowest BCUT2D eigenvalue weighted by atomic mass is 9.64. The Hall–Kier alpha value is -1.46. The van der Waals surface area contributed by atoms with E-state index in [4.69, 9.17) is 9.84 Å². The summed E-state index contributed by atoms with van der Waals surface area (Å²) in [5, 5.41) is 12.3. The molecule has 1 aliphatic carbocycles. The van der Waals surface area contributed by atoms with Gasteiger partial charge in [-0.05, 0) is 25.5 Å². The van der Waals surface area contributed by atoms with E-state index in [0.717, 1.165) is 18.7 Å². The van der Waals surface area contributed by atoms with Crippen LogP contribution in [0.25, 0.3) is 0 Å². The van der Waals surface area contributed by atoms with Gasteiger partial charge in [0, 0.05) is 30.8 Å². The van der Waals surface area contributed by atoms with Crippen LogP contribution in [-0.4, -0.2) is 34.8 Å². The van der Waals surface area contributed by atoms with Gasteiger partial charge in [0.25, 0.3) is 0 Å². The highest BCUT2D eigenvalue weighted by atomic mass is 16.5. The number of hydrogen-bond acceptors (Lipinski definition) is 4. The van der Waals surface area contributed by atoms with Gasteiger partial charge in [-0.15, -0.1) is 0 Å². The molecule has 20 heavy (non-hydrogen) atoms. The number of aromatic nitrogens is 1. The quantitative estimate of drug-likeness (QED) is 0.833. The maximum atomic E-state index is 10.7. The molecular weight excluding hydrogens is 256 g/mol. The molecule has 2 unspecified atom stereocenters. The number of nitrogens with zero attached hydrogens (tertiary/aromatic N) is 1. The zero-order valence-corrected chi connectivity index (χ0v) is 12.2. The molecule has 1 heterocycles. The number of carbonyl (C=O) groups is 1. The molecule has 0 spiro atoms. The van der Waals surface area contributed by atoms with Gasteiger partial charge in [0.2, 0.25) is 0 Å². The first kappa shape index (κ1) is 14.9. The molecule has 110 valence electrons. The van der Waals surface area contributed by atoms with Gasteiger partial charge in [-0.25, -0.2) is 4.79 Å². The van der Waals surface area contributed by atoms with Crippen LogP contribution in [-0.2, 0) is 11.3 Å². The van der Waals surface area contributed by atoms with Crippen molar-refractivity contribution in [3.05, 3.63) is 29.6 Å². The Labute approximate surface area is 119 Å². The van der Waals surface area contributed by atoms with Gasteiger partial charge in [-0.3, -0.25) is 4.98 Å². The highest BCUT2D eigenvalue weighted by Gasteiger charge is 2.48. The first-order valence-electron chi connectivity index (χ1n) is 6.98. The van der Waals surface area contributed by atoms with Gasteiger partial charge in [0.1, 0.15) is 0 Å². The molecule has 1 aromatic rings. The van der Waals surface area contributed by atoms with Crippen LogP contribution in [0.1, 0.15) is 43.2 Å². The molecule has 0 bridgehead atoms. The van der Waals surface area contributed by atoms with E-state index in [0.29, 0.717) is 18.7 Å². The van der Waals surface area contributed by atoms with E-state index < -0.39 is 5.97 Å². The first-order valence-corrected chi connectivity index (χ1v) is 6.98. The molecule has 2 rings (SSSR count). The Kier molecular flexibility index (Phi) is 4.40. The molecule has 1 aliphatic rings. The van der Waals surface area contributed by atoms with Crippen LogP contribution in [0.2, 0.25) is 0 Å². The second kappa shape index (κ2) is 5.89. The van der Waals surface area contributed by atoms with Crippen LogP contribution in [0.15, 0.2) is 18.3 Å². The van der Waals surface area contributed by atoms with Gasteiger partial charge < -0.3 is 15.2 Å². The summed E-state index contributed by atoms with van der Waals surface area (Å²) in [6.07, 6.45) is 2.72. The molecule has 0 aliphatic heterocycles. The lowest BCUT2D eigenvalue weighted by Crippen LogP contribution is -2.60. The van der Waals surface area contributed by atoms with Crippen LogP contribution in [0, 0.1) is 5.41 Å². The van der Waals surface area contributed by atoms with Crippen molar-refractivity contribution in [1.82, 2.24) is 10.3 Å². The van der Waals surface area contributed by atoms with Crippen LogP contribution >= 0.6 is 0 Å². The lowest BCUT2D eigenvalue weighted by Gasteiger charge is -2.51. The molecule has 1 fully saturated rings. The largest absolute Gasteiger partial charge is 0.478 e. The van der Waals surface area contributed by atoms with Gasteiger partial charge in [-0.2, -0.15) is 0 Å². The van der Waals surface area contributed by atoms with Gasteiger partial charge >= 0.3 is 5.97 Å². The maximum Gasteiger partial charge on any atom is 0.337 e. The van der Waals surface area contributed by atoms with Gasteiger partial charge in [0.05, 0.1) is 17.4 Å². The highest BCUT2D eigenvalue weighted by molar-refractivity contribution is 5.87. The highest BCUT2D eigenvalue weighted by Crippen LogP contribution is 2.42. The van der Waals surface area contributed by atoms with Crippen molar-refractivity contribution < 1.29 is 14.6 Å². The third-order valence-electron chi connectivity index (χ3n) is 4.15. The molecule has 2 atom stereocenters. The normalized spacial score (nSPS) is 24.1. The lowest BCUT2D eigenvalue weighted by molar-refractivity contribution is -0.114. The Morgan fingerprint density at radius 2 is 2.30 bits per heavy atom. The average Bonchev–Trinajstić information content (AvgIpc) is 2.42. The van der Waals surface area contributed by atoms with Crippen LogP contribution < -0.4 is 5.32 Å². The topological polar surface area (TPSA) is 71.5 Å². The SMILES string of the molecule is CCOC1CC(NCc2ccc(C(=O)O)cn2)C1(C)C. The fourth-order valence-corrected chi connectivity index (χ4v) is 2.60. The number of pyridine rings is 1. The van der Waals surface area contributed by atoms with Crippen molar-refractivity contribution in [1.29, 1.82) is 0 Å². The van der Waals surface area contributed by atoms with Crippen molar-refractivity contribution in [2.45, 2.75) is 45.9 Å². The number of carboxylic acid groups (broad SMARTS) is 1. The molecule has 0 amide bonds. The molecule has 5 heteroatoms. The Morgan fingerprint density at radius 3 is 2.80 bits per heavy atom. The minimum Gasteiger partial charge on any atom is -0.478 e. The molecule has 1 aromatic heterocycles. The van der Waals surface area contributed by atoms with Crippen LogP contribution in [0.5, 0.6) is 0 Å². The first-order chi connectivity index (χ1) is 9.45. The smallest absolute Gasteiger partial charge is 0.337 e. The molecule has 5 nitrogen and oxygen atoms in total. The predicted molar refractivity (Wildman–Crippen MR) is 75.6 cm³/mol.